The standard InChI is InChI=1S/C16H12ClO2.ClHO4/c1-18-12-7-9-15-11(10-12)6-8-16(19-15)13-4-2-3-5-14(13)17;2-1(3,4)5/h2-10H,1H3;(H,2,3,4,5)/q+1;/p-1. The number of hydrogen-bond acceptors (Lipinski definition) is 5. The van der Waals surface area contributed by atoms with Crippen molar-refractivity contribution < 1.29 is 38.0 Å². The van der Waals surface area contributed by atoms with E-state index in [0.717, 1.165) is 28.0 Å². The molecule has 0 spiro atoms. The van der Waals surface area contributed by atoms with Gasteiger partial charge in [-0.05, 0) is 30.3 Å². The monoisotopic (exact) mass is 370 g/mol. The third-order valence-electron chi connectivity index (χ3n) is 2.99. The molecule has 3 aromatic rings. The lowest BCUT2D eigenvalue weighted by Crippen LogP contribution is -2.68. The fourth-order valence-corrected chi connectivity index (χ4v) is 2.23. The van der Waals surface area contributed by atoms with Crippen molar-refractivity contribution in [3.05, 3.63) is 59.6 Å². The first-order valence-electron chi connectivity index (χ1n) is 6.55. The largest absolute Gasteiger partial charge is 0.497 e. The smallest absolute Gasteiger partial charge is 0.362 e. The van der Waals surface area contributed by atoms with E-state index >= 15 is 0 Å². The zero-order chi connectivity index (χ0) is 17.7. The quantitative estimate of drug-likeness (QED) is 0.599. The van der Waals surface area contributed by atoms with Gasteiger partial charge in [-0.25, -0.2) is 23.1 Å². The minimum atomic E-state index is -4.94. The molecule has 24 heavy (non-hydrogen) atoms. The van der Waals surface area contributed by atoms with Crippen LogP contribution in [0.5, 0.6) is 5.75 Å². The third-order valence-corrected chi connectivity index (χ3v) is 3.32. The van der Waals surface area contributed by atoms with E-state index in [9.17, 15) is 0 Å². The van der Waals surface area contributed by atoms with Gasteiger partial charge in [-0.3, -0.25) is 0 Å². The second-order valence-corrected chi connectivity index (χ2v) is 5.72. The highest BCUT2D eigenvalue weighted by Gasteiger charge is 2.17. The first-order chi connectivity index (χ1) is 11.3. The Morgan fingerprint density at radius 1 is 0.958 bits per heavy atom. The number of methoxy groups -OCH3 is 1. The molecule has 0 bridgehead atoms. The van der Waals surface area contributed by atoms with E-state index in [1.165, 1.54) is 0 Å². The summed E-state index contributed by atoms with van der Waals surface area (Å²) in [5.41, 5.74) is 1.69. The summed E-state index contributed by atoms with van der Waals surface area (Å²) in [6, 6.07) is 17.3. The van der Waals surface area contributed by atoms with Gasteiger partial charge in [0.1, 0.15) is 5.75 Å². The molecule has 0 aliphatic rings. The maximum absolute atomic E-state index is 8.49. The summed E-state index contributed by atoms with van der Waals surface area (Å²) < 4.78 is 45.1. The van der Waals surface area contributed by atoms with Gasteiger partial charge in [0.05, 0.1) is 23.1 Å². The van der Waals surface area contributed by atoms with Gasteiger partial charge >= 0.3 is 11.3 Å². The highest BCUT2D eigenvalue weighted by atomic mass is 35.7. The normalized spacial score (nSPS) is 10.9. The van der Waals surface area contributed by atoms with E-state index < -0.39 is 10.2 Å². The van der Waals surface area contributed by atoms with Gasteiger partial charge in [0.2, 0.25) is 0 Å². The minimum absolute atomic E-state index is 0.680. The van der Waals surface area contributed by atoms with E-state index in [2.05, 4.69) is 0 Å². The highest BCUT2D eigenvalue weighted by Crippen LogP contribution is 2.31. The molecule has 0 atom stereocenters. The first-order valence-corrected chi connectivity index (χ1v) is 8.17. The number of benzene rings is 2. The van der Waals surface area contributed by atoms with E-state index in [4.69, 9.17) is 39.4 Å². The van der Waals surface area contributed by atoms with Crippen molar-refractivity contribution in [2.45, 2.75) is 0 Å². The first kappa shape index (κ1) is 18.4. The van der Waals surface area contributed by atoms with Crippen molar-refractivity contribution in [3.63, 3.8) is 0 Å². The molecule has 3 rings (SSSR count). The van der Waals surface area contributed by atoms with Gasteiger partial charge in [0.15, 0.2) is 0 Å². The third kappa shape index (κ3) is 5.31. The van der Waals surface area contributed by atoms with Crippen LogP contribution in [-0.2, 0) is 0 Å². The fourth-order valence-electron chi connectivity index (χ4n) is 2.00. The summed E-state index contributed by atoms with van der Waals surface area (Å²) in [6.45, 7) is 0. The Balaban J connectivity index is 0.000000368. The summed E-state index contributed by atoms with van der Waals surface area (Å²) >= 11 is 6.18. The van der Waals surface area contributed by atoms with Crippen molar-refractivity contribution in [2.75, 3.05) is 7.11 Å². The van der Waals surface area contributed by atoms with Crippen LogP contribution in [0.1, 0.15) is 0 Å². The topological polar surface area (TPSA) is 113 Å². The zero-order valence-electron chi connectivity index (χ0n) is 12.4. The molecule has 0 unspecified atom stereocenters. The summed E-state index contributed by atoms with van der Waals surface area (Å²) in [5.74, 6) is 1.57. The van der Waals surface area contributed by atoms with Gasteiger partial charge < -0.3 is 4.74 Å². The second-order valence-electron chi connectivity index (χ2n) is 4.56. The van der Waals surface area contributed by atoms with Gasteiger partial charge in [0, 0.05) is 12.1 Å². The fraction of sp³-hybridized carbons (Fsp3) is 0.0625. The summed E-state index contributed by atoms with van der Waals surface area (Å²) in [6.07, 6.45) is 0. The number of hydrogen-bond donors (Lipinski definition) is 0. The zero-order valence-corrected chi connectivity index (χ0v) is 13.9. The van der Waals surface area contributed by atoms with E-state index in [0.29, 0.717) is 5.02 Å². The van der Waals surface area contributed by atoms with Crippen molar-refractivity contribution >= 4 is 22.6 Å². The average Bonchev–Trinajstić information content (AvgIpc) is 2.53. The van der Waals surface area contributed by atoms with Crippen molar-refractivity contribution in [2.24, 2.45) is 0 Å². The summed E-state index contributed by atoms with van der Waals surface area (Å²) in [7, 11) is -3.30. The van der Waals surface area contributed by atoms with Crippen LogP contribution in [0, 0.1) is 10.2 Å². The van der Waals surface area contributed by atoms with Crippen molar-refractivity contribution in [1.29, 1.82) is 0 Å². The molecule has 0 saturated heterocycles. The van der Waals surface area contributed by atoms with Crippen LogP contribution in [0.15, 0.2) is 59.0 Å². The van der Waals surface area contributed by atoms with Crippen molar-refractivity contribution in [1.82, 2.24) is 0 Å². The molecule has 1 aromatic heterocycles. The van der Waals surface area contributed by atoms with Crippen LogP contribution in [0.2, 0.25) is 5.02 Å². The van der Waals surface area contributed by atoms with E-state index in [1.807, 2.05) is 54.6 Å². The van der Waals surface area contributed by atoms with Crippen LogP contribution >= 0.6 is 11.6 Å². The van der Waals surface area contributed by atoms with Crippen LogP contribution in [0.25, 0.3) is 22.3 Å². The minimum Gasteiger partial charge on any atom is -0.497 e. The van der Waals surface area contributed by atoms with Crippen LogP contribution < -0.4 is 23.4 Å². The molecule has 0 saturated carbocycles. The molecule has 2 aromatic carbocycles. The van der Waals surface area contributed by atoms with E-state index in [-0.39, 0.29) is 0 Å². The Bertz CT molecular complexity index is 826. The SMILES string of the molecule is COc1ccc2[o+]c(-c3ccccc3Cl)ccc2c1.[O-][Cl+3]([O-])([O-])[O-]. The summed E-state index contributed by atoms with van der Waals surface area (Å²) in [5, 5.41) is 1.68. The predicted octanol–water partition coefficient (Wildman–Crippen LogP) is 0.287. The molecule has 1 heterocycles. The van der Waals surface area contributed by atoms with Gasteiger partial charge in [-0.15, -0.1) is 10.2 Å². The number of ether oxygens (including phenoxy) is 1. The molecule has 0 radical (unpaired) electrons. The molecule has 126 valence electrons. The van der Waals surface area contributed by atoms with Crippen LogP contribution in [-0.4, -0.2) is 7.11 Å². The number of halogens is 2. The second kappa shape index (κ2) is 7.76. The summed E-state index contributed by atoms with van der Waals surface area (Å²) in [4.78, 5) is 0. The average molecular weight is 371 g/mol. The van der Waals surface area contributed by atoms with Gasteiger partial charge in [0.25, 0.3) is 0 Å². The Morgan fingerprint density at radius 2 is 1.62 bits per heavy atom. The van der Waals surface area contributed by atoms with Crippen molar-refractivity contribution in [3.8, 4) is 17.1 Å². The lowest BCUT2D eigenvalue weighted by Gasteiger charge is -2.17. The Kier molecular flexibility index (Phi) is 5.95. The molecular formula is C16H12Cl2O6. The molecule has 8 heteroatoms. The highest BCUT2D eigenvalue weighted by molar-refractivity contribution is 6.33. The Hall–Kier alpha value is -1.93. The lowest BCUT2D eigenvalue weighted by molar-refractivity contribution is -2.00. The Labute approximate surface area is 144 Å². The molecule has 0 amide bonds. The Morgan fingerprint density at radius 3 is 2.25 bits per heavy atom. The number of fused-ring (bicyclic) bond motifs is 1. The molecule has 0 aliphatic carbocycles. The van der Waals surface area contributed by atoms with E-state index in [1.54, 1.807) is 7.11 Å². The van der Waals surface area contributed by atoms with Crippen LogP contribution in [0.4, 0.5) is 0 Å². The van der Waals surface area contributed by atoms with Gasteiger partial charge in [-0.1, -0.05) is 23.7 Å². The van der Waals surface area contributed by atoms with Crippen LogP contribution in [0.3, 0.4) is 0 Å². The molecule has 6 nitrogen and oxygen atoms in total. The molecular weight excluding hydrogens is 359 g/mol. The molecule has 0 aliphatic heterocycles. The maximum Gasteiger partial charge on any atom is 0.362 e. The van der Waals surface area contributed by atoms with Gasteiger partial charge in [-0.2, -0.15) is 0 Å². The lowest BCUT2D eigenvalue weighted by atomic mass is 10.1. The number of rotatable bonds is 2. The molecule has 0 N–H and O–H groups in total. The maximum atomic E-state index is 8.49. The predicted molar refractivity (Wildman–Crippen MR) is 77.6 cm³/mol. The molecule has 0 fully saturated rings.